The molecule has 5 heteroatoms. The zero-order chi connectivity index (χ0) is 12.1. The maximum atomic E-state index is 12.3. The monoisotopic (exact) mass is 259 g/mol. The molecule has 17 heavy (non-hydrogen) atoms. The Labute approximate surface area is 103 Å². The fourth-order valence-corrected chi connectivity index (χ4v) is 6.10. The largest absolute Gasteiger partial charge is 0.392 e. The highest BCUT2D eigenvalue weighted by atomic mass is 32.2. The van der Waals surface area contributed by atoms with Gasteiger partial charge in [-0.3, -0.25) is 0 Å². The minimum atomic E-state index is -3.15. The molecule has 4 nitrogen and oxygen atoms in total. The predicted octanol–water partition coefficient (Wildman–Crippen LogP) is 0.963. The topological polar surface area (TPSA) is 57.6 Å². The minimum Gasteiger partial charge on any atom is -0.392 e. The summed E-state index contributed by atoms with van der Waals surface area (Å²) in [6.45, 7) is 0.810. The second kappa shape index (κ2) is 3.93. The van der Waals surface area contributed by atoms with E-state index in [1.54, 1.807) is 0 Å². The van der Waals surface area contributed by atoms with Crippen molar-refractivity contribution in [3.05, 3.63) is 0 Å². The van der Waals surface area contributed by atoms with Gasteiger partial charge in [-0.1, -0.05) is 0 Å². The average Bonchev–Trinajstić information content (AvgIpc) is 2.91. The van der Waals surface area contributed by atoms with Gasteiger partial charge in [0.05, 0.1) is 11.9 Å². The molecule has 1 aliphatic heterocycles. The maximum absolute atomic E-state index is 12.3. The van der Waals surface area contributed by atoms with Gasteiger partial charge in [-0.15, -0.1) is 0 Å². The van der Waals surface area contributed by atoms with Crippen LogP contribution in [-0.2, 0) is 10.0 Å². The van der Waals surface area contributed by atoms with E-state index in [1.807, 2.05) is 0 Å². The SMILES string of the molecule is O=S(=O)(CC12CCC(CC1)C2)N1CC[C@@H](O)C1. The van der Waals surface area contributed by atoms with E-state index < -0.39 is 16.1 Å². The molecule has 1 heterocycles. The van der Waals surface area contributed by atoms with Crippen molar-refractivity contribution in [2.24, 2.45) is 11.3 Å². The molecule has 2 aliphatic carbocycles. The van der Waals surface area contributed by atoms with Crippen LogP contribution in [0.4, 0.5) is 0 Å². The first-order valence-corrected chi connectivity index (χ1v) is 8.26. The number of nitrogens with zero attached hydrogens (tertiary/aromatic N) is 1. The second-order valence-corrected chi connectivity index (χ2v) is 8.17. The number of hydrogen-bond acceptors (Lipinski definition) is 3. The van der Waals surface area contributed by atoms with E-state index in [9.17, 15) is 13.5 Å². The lowest BCUT2D eigenvalue weighted by atomic mass is 9.87. The molecule has 0 unspecified atom stereocenters. The summed E-state index contributed by atoms with van der Waals surface area (Å²) in [6, 6.07) is 0. The van der Waals surface area contributed by atoms with Crippen LogP contribution in [0.5, 0.6) is 0 Å². The number of hydrogen-bond donors (Lipinski definition) is 1. The molecule has 0 radical (unpaired) electrons. The molecule has 1 saturated heterocycles. The Morgan fingerprint density at radius 1 is 1.24 bits per heavy atom. The molecule has 3 fully saturated rings. The van der Waals surface area contributed by atoms with E-state index in [0.29, 0.717) is 25.3 Å². The van der Waals surface area contributed by atoms with Crippen LogP contribution in [0.25, 0.3) is 0 Å². The summed E-state index contributed by atoms with van der Waals surface area (Å²) in [5, 5.41) is 9.45. The van der Waals surface area contributed by atoms with Crippen LogP contribution in [0.15, 0.2) is 0 Å². The quantitative estimate of drug-likeness (QED) is 0.821. The van der Waals surface area contributed by atoms with Gasteiger partial charge in [0.25, 0.3) is 0 Å². The molecule has 0 spiro atoms. The summed E-state index contributed by atoms with van der Waals surface area (Å²) in [4.78, 5) is 0. The van der Waals surface area contributed by atoms with Crippen molar-refractivity contribution < 1.29 is 13.5 Å². The van der Waals surface area contributed by atoms with Gasteiger partial charge in [0.15, 0.2) is 0 Å². The first-order valence-electron chi connectivity index (χ1n) is 6.65. The Morgan fingerprint density at radius 2 is 1.94 bits per heavy atom. The molecular weight excluding hydrogens is 238 g/mol. The number of β-amino-alcohol motifs (C(OH)–C–C–N with tert-alkyl or cyclic N) is 1. The molecule has 1 N–H and O–H groups in total. The van der Waals surface area contributed by atoms with Crippen LogP contribution in [-0.4, -0.2) is 42.8 Å². The van der Waals surface area contributed by atoms with Crippen LogP contribution in [0.1, 0.15) is 38.5 Å². The van der Waals surface area contributed by atoms with Crippen LogP contribution in [0.2, 0.25) is 0 Å². The Hall–Kier alpha value is -0.130. The van der Waals surface area contributed by atoms with Crippen molar-refractivity contribution in [1.29, 1.82) is 0 Å². The van der Waals surface area contributed by atoms with Gasteiger partial charge in [0.1, 0.15) is 0 Å². The van der Waals surface area contributed by atoms with E-state index in [1.165, 1.54) is 17.1 Å². The lowest BCUT2D eigenvalue weighted by molar-refractivity contribution is 0.189. The maximum Gasteiger partial charge on any atom is 0.214 e. The molecular formula is C12H21NO3S. The highest BCUT2D eigenvalue weighted by Gasteiger charge is 2.48. The van der Waals surface area contributed by atoms with Crippen molar-refractivity contribution in [3.63, 3.8) is 0 Å². The van der Waals surface area contributed by atoms with E-state index >= 15 is 0 Å². The molecule has 2 saturated carbocycles. The van der Waals surface area contributed by atoms with Gasteiger partial charge in [-0.2, -0.15) is 4.31 Å². The summed E-state index contributed by atoms with van der Waals surface area (Å²) in [7, 11) is -3.15. The van der Waals surface area contributed by atoms with Crippen LogP contribution < -0.4 is 0 Å². The van der Waals surface area contributed by atoms with Gasteiger partial charge < -0.3 is 5.11 Å². The number of fused-ring (bicyclic) bond motifs is 2. The Morgan fingerprint density at radius 3 is 2.41 bits per heavy atom. The molecule has 0 aromatic carbocycles. The number of aliphatic hydroxyl groups excluding tert-OH is 1. The van der Waals surface area contributed by atoms with Crippen molar-refractivity contribution in [2.75, 3.05) is 18.8 Å². The Balaban J connectivity index is 1.72. The number of rotatable bonds is 3. The Kier molecular flexibility index (Phi) is 2.76. The van der Waals surface area contributed by atoms with Crippen molar-refractivity contribution in [2.45, 2.75) is 44.6 Å². The number of sulfonamides is 1. The summed E-state index contributed by atoms with van der Waals surface area (Å²) in [5.74, 6) is 1.11. The first kappa shape index (κ1) is 11.9. The van der Waals surface area contributed by atoms with Gasteiger partial charge >= 0.3 is 0 Å². The minimum absolute atomic E-state index is 0.0804. The lowest BCUT2D eigenvalue weighted by Crippen LogP contribution is -2.37. The van der Waals surface area contributed by atoms with Gasteiger partial charge in [-0.25, -0.2) is 8.42 Å². The normalized spacial score (nSPS) is 42.4. The third-order valence-corrected chi connectivity index (χ3v) is 6.99. The zero-order valence-corrected chi connectivity index (χ0v) is 11.0. The van der Waals surface area contributed by atoms with E-state index in [4.69, 9.17) is 0 Å². The molecule has 98 valence electrons. The standard InChI is InChI=1S/C12H21NO3S/c14-11-3-6-13(8-11)17(15,16)9-12-4-1-10(7-12)2-5-12/h10-11,14H,1-9H2/t10?,11-,12?/m1/s1. The zero-order valence-electron chi connectivity index (χ0n) is 10.1. The smallest absolute Gasteiger partial charge is 0.214 e. The summed E-state index contributed by atoms with van der Waals surface area (Å²) < 4.78 is 26.2. The highest BCUT2D eigenvalue weighted by Crippen LogP contribution is 2.54. The van der Waals surface area contributed by atoms with E-state index in [-0.39, 0.29) is 5.41 Å². The molecule has 2 bridgehead atoms. The first-order chi connectivity index (χ1) is 7.99. The molecule has 0 aromatic rings. The van der Waals surface area contributed by atoms with Crippen LogP contribution in [0.3, 0.4) is 0 Å². The molecule has 3 rings (SSSR count). The average molecular weight is 259 g/mol. The molecule has 0 amide bonds. The highest BCUT2D eigenvalue weighted by molar-refractivity contribution is 7.89. The predicted molar refractivity (Wildman–Crippen MR) is 65.0 cm³/mol. The van der Waals surface area contributed by atoms with Crippen molar-refractivity contribution in [3.8, 4) is 0 Å². The molecule has 0 aromatic heterocycles. The van der Waals surface area contributed by atoms with Gasteiger partial charge in [0, 0.05) is 13.1 Å². The van der Waals surface area contributed by atoms with Gasteiger partial charge in [-0.05, 0) is 49.9 Å². The van der Waals surface area contributed by atoms with Crippen molar-refractivity contribution >= 4 is 10.0 Å². The van der Waals surface area contributed by atoms with E-state index in [0.717, 1.165) is 25.2 Å². The molecule has 1 atom stereocenters. The van der Waals surface area contributed by atoms with E-state index in [2.05, 4.69) is 0 Å². The third kappa shape index (κ3) is 2.13. The van der Waals surface area contributed by atoms with Crippen LogP contribution >= 0.6 is 0 Å². The fourth-order valence-electron chi connectivity index (χ4n) is 3.96. The summed E-state index contributed by atoms with van der Waals surface area (Å²) >= 11 is 0. The second-order valence-electron chi connectivity index (χ2n) is 6.20. The fraction of sp³-hybridized carbons (Fsp3) is 1.00. The van der Waals surface area contributed by atoms with Crippen LogP contribution in [0, 0.1) is 11.3 Å². The molecule has 3 aliphatic rings. The Bertz CT molecular complexity index is 398. The summed E-state index contributed by atoms with van der Waals surface area (Å²) in [5.41, 5.74) is 0.0804. The lowest BCUT2D eigenvalue weighted by Gasteiger charge is -2.28. The third-order valence-electron chi connectivity index (χ3n) is 4.90. The number of aliphatic hydroxyl groups is 1. The van der Waals surface area contributed by atoms with Crippen molar-refractivity contribution in [1.82, 2.24) is 4.31 Å². The summed E-state index contributed by atoms with van der Waals surface area (Å²) in [6.07, 6.45) is 5.87. The van der Waals surface area contributed by atoms with Gasteiger partial charge in [0.2, 0.25) is 10.0 Å².